The summed E-state index contributed by atoms with van der Waals surface area (Å²) in [5.74, 6) is 0. The summed E-state index contributed by atoms with van der Waals surface area (Å²) in [6.07, 6.45) is 0. The summed E-state index contributed by atoms with van der Waals surface area (Å²) in [6.45, 7) is 0. The molecule has 0 saturated carbocycles. The van der Waals surface area contributed by atoms with Gasteiger partial charge in [-0.25, -0.2) is 0 Å². The first-order valence-corrected chi connectivity index (χ1v) is 0. The second kappa shape index (κ2) is 19.4. The van der Waals surface area contributed by atoms with Gasteiger partial charge in [0.25, 0.3) is 0 Å². The molecule has 4 heavy (non-hydrogen) atoms. The average Bonchev–Trinajstić information content (AvgIpc) is 0. The van der Waals surface area contributed by atoms with Crippen molar-refractivity contribution >= 4 is 68.6 Å². The quantitative estimate of drug-likeness (QED) is 0.312. The van der Waals surface area contributed by atoms with Crippen LogP contribution in [0.25, 0.3) is 0 Å². The maximum absolute atomic E-state index is 0. The van der Waals surface area contributed by atoms with Crippen molar-refractivity contribution < 1.29 is 5.48 Å². The molecule has 0 rings (SSSR count). The van der Waals surface area contributed by atoms with Crippen molar-refractivity contribution in [3.05, 3.63) is 0 Å². The van der Waals surface area contributed by atoms with Gasteiger partial charge in [0.15, 0.2) is 17.4 Å². The molecule has 0 aliphatic heterocycles. The zero-order valence-corrected chi connectivity index (χ0v) is 2.00. The normalized spacial score (nSPS) is 0. The summed E-state index contributed by atoms with van der Waals surface area (Å²) in [6, 6.07) is 0. The fourth-order valence-electron chi connectivity index (χ4n) is 0. The van der Waals surface area contributed by atoms with Gasteiger partial charge in [0, 0.05) is 0 Å². The third-order valence-electron chi connectivity index (χ3n) is 0. The summed E-state index contributed by atoms with van der Waals surface area (Å²) in [5, 5.41) is 0. The fraction of sp³-hybridized carbons (Fsp3) is 0. The van der Waals surface area contributed by atoms with Gasteiger partial charge < -0.3 is 5.48 Å². The average molecular weight is 124 g/mol. The molecular weight excluding hydrogens is 115 g/mol. The molecule has 0 bridgehead atoms. The first kappa shape index (κ1) is 35.9. The third-order valence-corrected chi connectivity index (χ3v) is 0. The molecule has 0 unspecified atom stereocenters. The van der Waals surface area contributed by atoms with Gasteiger partial charge in [-0.2, -0.15) is 13.5 Å². The van der Waals surface area contributed by atoms with Crippen LogP contribution >= 0.6 is 13.5 Å². The second-order valence-corrected chi connectivity index (χ2v) is 0. The van der Waals surface area contributed by atoms with Crippen molar-refractivity contribution in [1.82, 2.24) is 0 Å². The molecule has 0 aromatic heterocycles. The zero-order valence-electron chi connectivity index (χ0n) is 1.00. The van der Waals surface area contributed by atoms with Gasteiger partial charge in [0.05, 0.1) is 0 Å². The van der Waals surface area contributed by atoms with Gasteiger partial charge in [-0.3, -0.25) is 0 Å². The monoisotopic (exact) mass is 124 g/mol. The Morgan fingerprint density at radius 2 is 1.00 bits per heavy atom. The van der Waals surface area contributed by atoms with Crippen molar-refractivity contribution in [1.29, 1.82) is 0 Å². The first-order valence-electron chi connectivity index (χ1n) is 0. The third kappa shape index (κ3) is 8.93. The Morgan fingerprint density at radius 1 is 1.00 bits per heavy atom. The number of hydrogen-bond donors (Lipinski definition) is 0. The van der Waals surface area contributed by atoms with Crippen molar-refractivity contribution in [2.24, 2.45) is 0 Å². The van der Waals surface area contributed by atoms with Crippen LogP contribution < -0.4 is 0 Å². The van der Waals surface area contributed by atoms with Crippen LogP contribution in [0.2, 0.25) is 0 Å². The molecular formula is H9AlCaOS. The minimum atomic E-state index is 0. The molecule has 0 atom stereocenters. The summed E-state index contributed by atoms with van der Waals surface area (Å²) >= 11 is 0. The minimum absolute atomic E-state index is 0. The molecule has 2 N–H and O–H groups in total. The Hall–Kier alpha value is 2.10. The van der Waals surface area contributed by atoms with Crippen LogP contribution in [0.5, 0.6) is 0 Å². The van der Waals surface area contributed by atoms with E-state index in [0.717, 1.165) is 0 Å². The van der Waals surface area contributed by atoms with Crippen LogP contribution in [0, 0.1) is 0 Å². The number of hydrogen-bond acceptors (Lipinski definition) is 0. The van der Waals surface area contributed by atoms with Crippen molar-refractivity contribution in [3.8, 4) is 0 Å². The molecule has 0 aromatic carbocycles. The van der Waals surface area contributed by atoms with E-state index in [9.17, 15) is 0 Å². The van der Waals surface area contributed by atoms with E-state index in [4.69, 9.17) is 0 Å². The standard InChI is InChI=1S/Al.Ca.H2O.H2S.5H/h;;2*1H2;;;;;. The molecule has 0 aliphatic rings. The Balaban J connectivity index is 0. The molecule has 0 aliphatic carbocycles. The molecule has 0 spiro atoms. The van der Waals surface area contributed by atoms with Crippen LogP contribution in [0.15, 0.2) is 0 Å². The second-order valence-electron chi connectivity index (χ2n) is 0. The van der Waals surface area contributed by atoms with Gasteiger partial charge in [0.2, 0.25) is 0 Å². The molecule has 0 aromatic rings. The Bertz CT molecular complexity index is 8.00. The van der Waals surface area contributed by atoms with E-state index in [2.05, 4.69) is 0 Å². The molecule has 0 amide bonds. The van der Waals surface area contributed by atoms with E-state index in [-0.39, 0.29) is 74.1 Å². The topological polar surface area (TPSA) is 31.5 Å². The predicted octanol–water partition coefficient (Wildman–Crippen LogP) is -2.81. The van der Waals surface area contributed by atoms with Crippen molar-refractivity contribution in [3.63, 3.8) is 0 Å². The van der Waals surface area contributed by atoms with Crippen LogP contribution in [-0.2, 0) is 0 Å². The zero-order chi connectivity index (χ0) is 0. The predicted molar refractivity (Wildman–Crippen MR) is 32.5 cm³/mol. The van der Waals surface area contributed by atoms with Gasteiger partial charge in [-0.1, -0.05) is 0 Å². The Labute approximate surface area is 73.0 Å². The summed E-state index contributed by atoms with van der Waals surface area (Å²) in [5.41, 5.74) is 0. The Morgan fingerprint density at radius 3 is 1.00 bits per heavy atom. The first-order chi connectivity index (χ1) is 0. The van der Waals surface area contributed by atoms with Crippen molar-refractivity contribution in [2.45, 2.75) is 0 Å². The molecule has 0 heterocycles. The summed E-state index contributed by atoms with van der Waals surface area (Å²) in [4.78, 5) is 0. The maximum atomic E-state index is 0. The van der Waals surface area contributed by atoms with E-state index in [1.165, 1.54) is 0 Å². The SMILES string of the molecule is O.S.[AlH3].[CaH2]. The fourth-order valence-corrected chi connectivity index (χ4v) is 0. The van der Waals surface area contributed by atoms with Gasteiger partial charge in [-0.05, 0) is 0 Å². The van der Waals surface area contributed by atoms with Crippen LogP contribution in [0.3, 0.4) is 0 Å². The molecule has 1 nitrogen and oxygen atoms in total. The molecule has 0 radical (unpaired) electrons. The number of rotatable bonds is 0. The summed E-state index contributed by atoms with van der Waals surface area (Å²) < 4.78 is 0. The summed E-state index contributed by atoms with van der Waals surface area (Å²) in [7, 11) is 0. The van der Waals surface area contributed by atoms with E-state index in [1.54, 1.807) is 0 Å². The Kier molecular flexibility index (Phi) is 175. The van der Waals surface area contributed by atoms with E-state index in [1.807, 2.05) is 0 Å². The van der Waals surface area contributed by atoms with Gasteiger partial charge in [-0.15, -0.1) is 0 Å². The van der Waals surface area contributed by atoms with Gasteiger partial charge in [0.1, 0.15) is 0 Å². The van der Waals surface area contributed by atoms with E-state index in [0.29, 0.717) is 0 Å². The van der Waals surface area contributed by atoms with E-state index >= 15 is 0 Å². The van der Waals surface area contributed by atoms with E-state index < -0.39 is 0 Å². The molecule has 0 saturated heterocycles. The van der Waals surface area contributed by atoms with Crippen molar-refractivity contribution in [2.75, 3.05) is 0 Å². The molecule has 26 valence electrons. The molecule has 0 fully saturated rings. The van der Waals surface area contributed by atoms with Crippen LogP contribution in [0.4, 0.5) is 0 Å². The molecule has 4 heteroatoms. The van der Waals surface area contributed by atoms with Gasteiger partial charge >= 0.3 is 37.7 Å². The van der Waals surface area contributed by atoms with Crippen LogP contribution in [0.1, 0.15) is 0 Å². The van der Waals surface area contributed by atoms with Crippen LogP contribution in [-0.4, -0.2) is 60.6 Å².